The first kappa shape index (κ1) is 18.8. The van der Waals surface area contributed by atoms with Crippen LogP contribution in [0.4, 0.5) is 5.69 Å². The number of carbonyl (C=O) groups excluding carboxylic acids is 2. The summed E-state index contributed by atoms with van der Waals surface area (Å²) in [7, 11) is 0. The molecular weight excluding hydrogens is 342 g/mol. The molecule has 0 aliphatic carbocycles. The lowest BCUT2D eigenvalue weighted by Crippen LogP contribution is -2.21. The van der Waals surface area contributed by atoms with Gasteiger partial charge in [-0.05, 0) is 50.1 Å². The summed E-state index contributed by atoms with van der Waals surface area (Å²) in [6.45, 7) is 5.87. The van der Waals surface area contributed by atoms with Crippen molar-refractivity contribution >= 4 is 29.5 Å². The molecule has 0 fully saturated rings. The largest absolute Gasteiger partial charge is 0.490 e. The standard InChI is InChI=1S/C19H20ClNO4/c1-4-24-17-9-14(10-22)8-15(20)19(17)25-11-18(23)21-16-7-5-6-12(2)13(16)3/h5-10H,4,11H2,1-3H3,(H,21,23). The molecule has 0 saturated heterocycles. The molecule has 0 bridgehead atoms. The maximum Gasteiger partial charge on any atom is 0.262 e. The fourth-order valence-electron chi connectivity index (χ4n) is 2.27. The highest BCUT2D eigenvalue weighted by molar-refractivity contribution is 6.32. The van der Waals surface area contributed by atoms with Crippen LogP contribution in [0.1, 0.15) is 28.4 Å². The van der Waals surface area contributed by atoms with Crippen molar-refractivity contribution in [3.63, 3.8) is 0 Å². The van der Waals surface area contributed by atoms with Crippen LogP contribution < -0.4 is 14.8 Å². The Balaban J connectivity index is 2.11. The predicted octanol–water partition coefficient (Wildman–Crippen LogP) is 4.19. The predicted molar refractivity (Wildman–Crippen MR) is 98.0 cm³/mol. The second-order valence-corrected chi connectivity index (χ2v) is 5.87. The number of hydrogen-bond donors (Lipinski definition) is 1. The summed E-state index contributed by atoms with van der Waals surface area (Å²) < 4.78 is 11.0. The molecule has 0 unspecified atom stereocenters. The van der Waals surface area contributed by atoms with Crippen LogP contribution in [0.3, 0.4) is 0 Å². The fraction of sp³-hybridized carbons (Fsp3) is 0.263. The van der Waals surface area contributed by atoms with Crippen LogP contribution in [0.15, 0.2) is 30.3 Å². The lowest BCUT2D eigenvalue weighted by Gasteiger charge is -2.15. The molecule has 0 aromatic heterocycles. The average Bonchev–Trinajstić information content (AvgIpc) is 2.58. The Morgan fingerprint density at radius 3 is 2.68 bits per heavy atom. The Morgan fingerprint density at radius 2 is 2.00 bits per heavy atom. The lowest BCUT2D eigenvalue weighted by atomic mass is 10.1. The van der Waals surface area contributed by atoms with E-state index >= 15 is 0 Å². The molecule has 0 radical (unpaired) electrons. The van der Waals surface area contributed by atoms with Crippen molar-refractivity contribution in [1.82, 2.24) is 0 Å². The summed E-state index contributed by atoms with van der Waals surface area (Å²) in [4.78, 5) is 23.1. The van der Waals surface area contributed by atoms with Gasteiger partial charge >= 0.3 is 0 Å². The van der Waals surface area contributed by atoms with E-state index in [4.69, 9.17) is 21.1 Å². The van der Waals surface area contributed by atoms with Crippen LogP contribution in [-0.2, 0) is 4.79 Å². The van der Waals surface area contributed by atoms with Gasteiger partial charge in [0.25, 0.3) is 5.91 Å². The summed E-state index contributed by atoms with van der Waals surface area (Å²) in [5.74, 6) is 0.258. The van der Waals surface area contributed by atoms with E-state index in [1.165, 1.54) is 12.1 Å². The fourth-order valence-corrected chi connectivity index (χ4v) is 2.54. The summed E-state index contributed by atoms with van der Waals surface area (Å²) in [5, 5.41) is 3.03. The SMILES string of the molecule is CCOc1cc(C=O)cc(Cl)c1OCC(=O)Nc1cccc(C)c1C. The molecule has 0 heterocycles. The third kappa shape index (κ3) is 4.73. The van der Waals surface area contributed by atoms with E-state index < -0.39 is 0 Å². The molecule has 6 heteroatoms. The lowest BCUT2D eigenvalue weighted by molar-refractivity contribution is -0.118. The third-order valence-electron chi connectivity index (χ3n) is 3.69. The summed E-state index contributed by atoms with van der Waals surface area (Å²) >= 11 is 6.14. The number of amides is 1. The molecule has 2 rings (SSSR count). The topological polar surface area (TPSA) is 64.6 Å². The highest BCUT2D eigenvalue weighted by Crippen LogP contribution is 2.36. The van der Waals surface area contributed by atoms with Crippen LogP contribution in [0.2, 0.25) is 5.02 Å². The molecule has 0 atom stereocenters. The van der Waals surface area contributed by atoms with Crippen LogP contribution in [-0.4, -0.2) is 25.4 Å². The minimum atomic E-state index is -0.313. The Hall–Kier alpha value is -2.53. The maximum absolute atomic E-state index is 12.2. The molecule has 0 aliphatic rings. The smallest absolute Gasteiger partial charge is 0.262 e. The monoisotopic (exact) mass is 361 g/mol. The van der Waals surface area contributed by atoms with E-state index in [1.807, 2.05) is 32.0 Å². The number of halogens is 1. The Bertz CT molecular complexity index is 789. The molecule has 0 saturated carbocycles. The van der Waals surface area contributed by atoms with Crippen molar-refractivity contribution in [2.24, 2.45) is 0 Å². The summed E-state index contributed by atoms with van der Waals surface area (Å²) in [6, 6.07) is 8.68. The van der Waals surface area contributed by atoms with Crippen LogP contribution in [0.25, 0.3) is 0 Å². The molecule has 5 nitrogen and oxygen atoms in total. The third-order valence-corrected chi connectivity index (χ3v) is 3.97. The van der Waals surface area contributed by atoms with Crippen molar-refractivity contribution in [2.75, 3.05) is 18.5 Å². The zero-order valence-corrected chi connectivity index (χ0v) is 15.1. The summed E-state index contributed by atoms with van der Waals surface area (Å²) in [6.07, 6.45) is 0.672. The first-order valence-corrected chi connectivity index (χ1v) is 8.24. The van der Waals surface area contributed by atoms with Crippen molar-refractivity contribution in [2.45, 2.75) is 20.8 Å². The molecule has 1 amide bonds. The van der Waals surface area contributed by atoms with Gasteiger partial charge in [-0.3, -0.25) is 9.59 Å². The van der Waals surface area contributed by atoms with Gasteiger partial charge in [0.1, 0.15) is 6.29 Å². The van der Waals surface area contributed by atoms with Crippen LogP contribution in [0, 0.1) is 13.8 Å². The quantitative estimate of drug-likeness (QED) is 0.751. The van der Waals surface area contributed by atoms with Crippen molar-refractivity contribution in [3.8, 4) is 11.5 Å². The van der Waals surface area contributed by atoms with E-state index in [1.54, 1.807) is 6.92 Å². The number of anilines is 1. The zero-order valence-electron chi connectivity index (χ0n) is 14.4. The van der Waals surface area contributed by atoms with Gasteiger partial charge in [0.05, 0.1) is 11.6 Å². The van der Waals surface area contributed by atoms with Gasteiger partial charge in [-0.2, -0.15) is 0 Å². The normalized spacial score (nSPS) is 10.2. The highest BCUT2D eigenvalue weighted by Gasteiger charge is 2.15. The molecule has 2 aromatic rings. The van der Waals surface area contributed by atoms with Crippen molar-refractivity contribution in [3.05, 3.63) is 52.0 Å². The van der Waals surface area contributed by atoms with Gasteiger partial charge < -0.3 is 14.8 Å². The number of benzene rings is 2. The molecular formula is C19H20ClNO4. The Morgan fingerprint density at radius 1 is 1.24 bits per heavy atom. The van der Waals surface area contributed by atoms with Crippen molar-refractivity contribution < 1.29 is 19.1 Å². The van der Waals surface area contributed by atoms with E-state index in [2.05, 4.69) is 5.32 Å². The number of rotatable bonds is 7. The van der Waals surface area contributed by atoms with Gasteiger partial charge in [-0.15, -0.1) is 0 Å². The zero-order chi connectivity index (χ0) is 18.4. The van der Waals surface area contributed by atoms with Crippen molar-refractivity contribution in [1.29, 1.82) is 0 Å². The average molecular weight is 362 g/mol. The molecule has 0 aliphatic heterocycles. The first-order chi connectivity index (χ1) is 12.0. The highest BCUT2D eigenvalue weighted by atomic mass is 35.5. The maximum atomic E-state index is 12.2. The molecule has 25 heavy (non-hydrogen) atoms. The van der Waals surface area contributed by atoms with Crippen LogP contribution >= 0.6 is 11.6 Å². The molecule has 2 aromatic carbocycles. The second-order valence-electron chi connectivity index (χ2n) is 5.47. The minimum Gasteiger partial charge on any atom is -0.490 e. The molecule has 0 spiro atoms. The van der Waals surface area contributed by atoms with E-state index in [-0.39, 0.29) is 23.3 Å². The number of hydrogen-bond acceptors (Lipinski definition) is 4. The Kier molecular flexibility index (Phi) is 6.42. The number of aldehydes is 1. The van der Waals surface area contributed by atoms with Gasteiger partial charge in [-0.1, -0.05) is 23.7 Å². The summed E-state index contributed by atoms with van der Waals surface area (Å²) in [5.41, 5.74) is 3.20. The molecule has 1 N–H and O–H groups in total. The number of nitrogens with one attached hydrogen (secondary N) is 1. The second kappa shape index (κ2) is 8.53. The van der Waals surface area contributed by atoms with Gasteiger partial charge in [0.15, 0.2) is 18.1 Å². The van der Waals surface area contributed by atoms with E-state index in [0.29, 0.717) is 24.2 Å². The molecule has 132 valence electrons. The Labute approximate surface area is 151 Å². The van der Waals surface area contributed by atoms with Gasteiger partial charge in [0, 0.05) is 11.3 Å². The van der Waals surface area contributed by atoms with E-state index in [0.717, 1.165) is 16.8 Å². The first-order valence-electron chi connectivity index (χ1n) is 7.86. The van der Waals surface area contributed by atoms with E-state index in [9.17, 15) is 9.59 Å². The number of aryl methyl sites for hydroxylation is 1. The minimum absolute atomic E-state index is 0.215. The van der Waals surface area contributed by atoms with Gasteiger partial charge in [0.2, 0.25) is 0 Å². The number of carbonyl (C=O) groups is 2. The van der Waals surface area contributed by atoms with Gasteiger partial charge in [-0.25, -0.2) is 0 Å². The number of ether oxygens (including phenoxy) is 2. The van der Waals surface area contributed by atoms with Crippen LogP contribution in [0.5, 0.6) is 11.5 Å².